The first-order valence-corrected chi connectivity index (χ1v) is 7.37. The van der Waals surface area contributed by atoms with E-state index in [1.807, 2.05) is 0 Å². The second kappa shape index (κ2) is 6.71. The SMILES string of the molecule is CC(C)(CCN)CCC(=O)NC1CCOC(C)(C)C1. The molecule has 1 saturated heterocycles. The van der Waals surface area contributed by atoms with Crippen LogP contribution < -0.4 is 11.1 Å². The van der Waals surface area contributed by atoms with E-state index in [0.29, 0.717) is 13.0 Å². The van der Waals surface area contributed by atoms with Crippen molar-refractivity contribution in [2.75, 3.05) is 13.2 Å². The van der Waals surface area contributed by atoms with Crippen molar-refractivity contribution in [2.24, 2.45) is 11.1 Å². The molecule has 0 bridgehead atoms. The minimum absolute atomic E-state index is 0.116. The molecule has 0 aromatic carbocycles. The van der Waals surface area contributed by atoms with E-state index in [1.54, 1.807) is 0 Å². The molecule has 1 unspecified atom stereocenters. The molecule has 112 valence electrons. The number of nitrogens with two attached hydrogens (primary N) is 1. The number of ether oxygens (including phenoxy) is 1. The second-order valence-electron chi connectivity index (χ2n) is 7.07. The van der Waals surface area contributed by atoms with Crippen LogP contribution in [0.5, 0.6) is 0 Å². The van der Waals surface area contributed by atoms with Gasteiger partial charge in [-0.1, -0.05) is 13.8 Å². The van der Waals surface area contributed by atoms with Gasteiger partial charge in [0.05, 0.1) is 5.60 Å². The maximum Gasteiger partial charge on any atom is 0.220 e. The van der Waals surface area contributed by atoms with E-state index in [4.69, 9.17) is 10.5 Å². The fourth-order valence-electron chi connectivity index (χ4n) is 2.62. The first kappa shape index (κ1) is 16.4. The van der Waals surface area contributed by atoms with Crippen LogP contribution in [0, 0.1) is 5.41 Å². The average molecular weight is 270 g/mol. The summed E-state index contributed by atoms with van der Waals surface area (Å²) in [6.07, 6.45) is 4.25. The van der Waals surface area contributed by atoms with Gasteiger partial charge in [0.15, 0.2) is 0 Å². The molecule has 0 saturated carbocycles. The number of amides is 1. The van der Waals surface area contributed by atoms with Gasteiger partial charge in [-0.25, -0.2) is 0 Å². The zero-order chi connectivity index (χ0) is 14.5. The lowest BCUT2D eigenvalue weighted by Gasteiger charge is -2.36. The van der Waals surface area contributed by atoms with Gasteiger partial charge in [0, 0.05) is 19.1 Å². The molecule has 1 heterocycles. The van der Waals surface area contributed by atoms with Crippen LogP contribution in [0.1, 0.15) is 59.8 Å². The lowest BCUT2D eigenvalue weighted by Crippen LogP contribution is -2.45. The Morgan fingerprint density at radius 3 is 2.68 bits per heavy atom. The number of nitrogens with one attached hydrogen (secondary N) is 1. The van der Waals surface area contributed by atoms with Crippen LogP contribution in [0.4, 0.5) is 0 Å². The molecule has 4 nitrogen and oxygen atoms in total. The molecule has 0 aromatic heterocycles. The smallest absolute Gasteiger partial charge is 0.220 e. The highest BCUT2D eigenvalue weighted by Gasteiger charge is 2.29. The van der Waals surface area contributed by atoms with Gasteiger partial charge in [-0.2, -0.15) is 0 Å². The third-order valence-electron chi connectivity index (χ3n) is 3.91. The fraction of sp³-hybridized carbons (Fsp3) is 0.933. The van der Waals surface area contributed by atoms with Gasteiger partial charge in [-0.3, -0.25) is 4.79 Å². The molecule has 19 heavy (non-hydrogen) atoms. The predicted octanol–water partition coefficient (Wildman–Crippen LogP) is 2.22. The number of hydrogen-bond acceptors (Lipinski definition) is 3. The van der Waals surface area contributed by atoms with Crippen LogP contribution >= 0.6 is 0 Å². The number of hydrogen-bond donors (Lipinski definition) is 2. The maximum absolute atomic E-state index is 12.0. The zero-order valence-electron chi connectivity index (χ0n) is 12.9. The van der Waals surface area contributed by atoms with E-state index in [2.05, 4.69) is 33.0 Å². The van der Waals surface area contributed by atoms with Crippen molar-refractivity contribution < 1.29 is 9.53 Å². The predicted molar refractivity (Wildman–Crippen MR) is 77.9 cm³/mol. The fourth-order valence-corrected chi connectivity index (χ4v) is 2.62. The minimum atomic E-state index is -0.116. The van der Waals surface area contributed by atoms with E-state index in [1.165, 1.54) is 0 Å². The van der Waals surface area contributed by atoms with Gasteiger partial charge in [0.25, 0.3) is 0 Å². The van der Waals surface area contributed by atoms with Gasteiger partial charge >= 0.3 is 0 Å². The molecule has 1 aliphatic rings. The third kappa shape index (κ3) is 6.39. The summed E-state index contributed by atoms with van der Waals surface area (Å²) in [6.45, 7) is 9.92. The Kier molecular flexibility index (Phi) is 5.81. The van der Waals surface area contributed by atoms with Gasteiger partial charge in [0.2, 0.25) is 5.91 Å². The Bertz CT molecular complexity index is 301. The lowest BCUT2D eigenvalue weighted by atomic mass is 9.84. The summed E-state index contributed by atoms with van der Waals surface area (Å²) in [5.41, 5.74) is 5.62. The standard InChI is InChI=1S/C15H30N2O2/c1-14(2,8-9-16)7-5-13(18)17-12-6-10-19-15(3,4)11-12/h12H,5-11,16H2,1-4H3,(H,17,18). The van der Waals surface area contributed by atoms with Crippen molar-refractivity contribution in [3.05, 3.63) is 0 Å². The van der Waals surface area contributed by atoms with E-state index < -0.39 is 0 Å². The van der Waals surface area contributed by atoms with Crippen LogP contribution in [-0.4, -0.2) is 30.7 Å². The van der Waals surface area contributed by atoms with Crippen LogP contribution in [0.2, 0.25) is 0 Å². The molecular formula is C15H30N2O2. The molecule has 1 atom stereocenters. The highest BCUT2D eigenvalue weighted by molar-refractivity contribution is 5.76. The largest absolute Gasteiger partial charge is 0.375 e. The van der Waals surface area contributed by atoms with Gasteiger partial charge in [0.1, 0.15) is 0 Å². The summed E-state index contributed by atoms with van der Waals surface area (Å²) in [4.78, 5) is 12.0. The number of carbonyl (C=O) groups is 1. The van der Waals surface area contributed by atoms with Gasteiger partial charge in [-0.15, -0.1) is 0 Å². The summed E-state index contributed by atoms with van der Waals surface area (Å²) in [5.74, 6) is 0.160. The van der Waals surface area contributed by atoms with Crippen LogP contribution in [0.15, 0.2) is 0 Å². The highest BCUT2D eigenvalue weighted by atomic mass is 16.5. The first-order chi connectivity index (χ1) is 8.74. The monoisotopic (exact) mass is 270 g/mol. The number of rotatable bonds is 6. The first-order valence-electron chi connectivity index (χ1n) is 7.37. The van der Waals surface area contributed by atoms with Gasteiger partial charge < -0.3 is 15.8 Å². The van der Waals surface area contributed by atoms with Crippen molar-refractivity contribution in [1.82, 2.24) is 5.32 Å². The molecule has 0 spiro atoms. The lowest BCUT2D eigenvalue weighted by molar-refractivity contribution is -0.124. The van der Waals surface area contributed by atoms with E-state index in [0.717, 1.165) is 32.3 Å². The zero-order valence-corrected chi connectivity index (χ0v) is 12.9. The molecule has 1 aliphatic heterocycles. The van der Waals surface area contributed by atoms with E-state index >= 15 is 0 Å². The van der Waals surface area contributed by atoms with Crippen molar-refractivity contribution in [2.45, 2.75) is 71.4 Å². The van der Waals surface area contributed by atoms with Crippen molar-refractivity contribution in [3.63, 3.8) is 0 Å². The molecule has 4 heteroatoms. The number of carbonyl (C=O) groups excluding carboxylic acids is 1. The van der Waals surface area contributed by atoms with Crippen LogP contribution in [0.3, 0.4) is 0 Å². The van der Waals surface area contributed by atoms with Crippen LogP contribution in [-0.2, 0) is 9.53 Å². The minimum Gasteiger partial charge on any atom is -0.375 e. The normalized spacial score (nSPS) is 23.1. The molecule has 3 N–H and O–H groups in total. The summed E-state index contributed by atoms with van der Waals surface area (Å²) in [7, 11) is 0. The maximum atomic E-state index is 12.0. The quantitative estimate of drug-likeness (QED) is 0.778. The highest BCUT2D eigenvalue weighted by Crippen LogP contribution is 2.27. The van der Waals surface area contributed by atoms with E-state index in [9.17, 15) is 4.79 Å². The van der Waals surface area contributed by atoms with Crippen molar-refractivity contribution in [1.29, 1.82) is 0 Å². The molecule has 1 rings (SSSR count). The molecule has 0 aromatic rings. The van der Waals surface area contributed by atoms with Crippen molar-refractivity contribution >= 4 is 5.91 Å². The Labute approximate surface area is 117 Å². The molecule has 1 fully saturated rings. The van der Waals surface area contributed by atoms with Crippen LogP contribution in [0.25, 0.3) is 0 Å². The Hall–Kier alpha value is -0.610. The third-order valence-corrected chi connectivity index (χ3v) is 3.91. The second-order valence-corrected chi connectivity index (χ2v) is 7.07. The van der Waals surface area contributed by atoms with Gasteiger partial charge in [-0.05, 0) is 51.5 Å². The molecular weight excluding hydrogens is 240 g/mol. The topological polar surface area (TPSA) is 64.4 Å². The average Bonchev–Trinajstić information content (AvgIpc) is 2.25. The Morgan fingerprint density at radius 2 is 2.11 bits per heavy atom. The molecule has 0 aliphatic carbocycles. The molecule has 1 amide bonds. The Balaban J connectivity index is 2.31. The summed E-state index contributed by atoms with van der Waals surface area (Å²) in [5, 5.41) is 3.14. The molecule has 0 radical (unpaired) electrons. The summed E-state index contributed by atoms with van der Waals surface area (Å²) >= 11 is 0. The summed E-state index contributed by atoms with van der Waals surface area (Å²) in [6, 6.07) is 0.258. The van der Waals surface area contributed by atoms with Crippen molar-refractivity contribution in [3.8, 4) is 0 Å². The van der Waals surface area contributed by atoms with E-state index in [-0.39, 0.29) is 23.0 Å². The Morgan fingerprint density at radius 1 is 1.42 bits per heavy atom. The summed E-state index contributed by atoms with van der Waals surface area (Å²) < 4.78 is 5.66.